The molecule has 0 aromatic carbocycles. The second-order valence-electron chi connectivity index (χ2n) is 6.08. The van der Waals surface area contributed by atoms with Crippen LogP contribution in [-0.4, -0.2) is 62.3 Å². The van der Waals surface area contributed by atoms with Crippen molar-refractivity contribution >= 4 is 41.3 Å². The normalized spacial score (nSPS) is 24.5. The molecule has 3 heterocycles. The minimum absolute atomic E-state index is 0.0918. The Labute approximate surface area is 163 Å². The Morgan fingerprint density at radius 1 is 1.11 bits per heavy atom. The minimum atomic E-state index is -1.10. The maximum atomic E-state index is 11.7. The van der Waals surface area contributed by atoms with E-state index in [1.165, 1.54) is 33.4 Å². The molecule has 2 aromatic rings. The van der Waals surface area contributed by atoms with Gasteiger partial charge in [-0.25, -0.2) is 9.97 Å². The number of aromatic amines is 1. The molecule has 0 amide bonds. The van der Waals surface area contributed by atoms with Gasteiger partial charge in [0.05, 0.1) is 19.3 Å². The van der Waals surface area contributed by atoms with E-state index >= 15 is 0 Å². The smallest absolute Gasteiger partial charge is 0.303 e. The summed E-state index contributed by atoms with van der Waals surface area (Å²) in [5, 5.41) is 0. The number of esters is 3. The SMILES string of the molecule is CC(=O)O[C@@H]1[C@H](OC(C)=O)[C@H](OC(C)=O)CO[C@@H]1n1cnc2c(=S)nc[nH]c21. The van der Waals surface area contributed by atoms with Crippen LogP contribution in [0.4, 0.5) is 0 Å². The third-order valence-corrected chi connectivity index (χ3v) is 4.28. The Kier molecular flexibility index (Phi) is 5.70. The molecule has 0 saturated carbocycles. The lowest BCUT2D eigenvalue weighted by molar-refractivity contribution is -0.239. The van der Waals surface area contributed by atoms with Crippen molar-refractivity contribution in [2.24, 2.45) is 0 Å². The van der Waals surface area contributed by atoms with Crippen molar-refractivity contribution in [1.82, 2.24) is 19.5 Å². The van der Waals surface area contributed by atoms with Gasteiger partial charge in [0.2, 0.25) is 0 Å². The molecule has 1 saturated heterocycles. The summed E-state index contributed by atoms with van der Waals surface area (Å²) in [6.45, 7) is 3.54. The Morgan fingerprint density at radius 3 is 2.39 bits per heavy atom. The third-order valence-electron chi connectivity index (χ3n) is 3.98. The third kappa shape index (κ3) is 4.02. The number of nitrogens with one attached hydrogen (secondary N) is 1. The van der Waals surface area contributed by atoms with Crippen LogP contribution in [0.15, 0.2) is 12.7 Å². The molecule has 28 heavy (non-hydrogen) atoms. The molecular weight excluding hydrogens is 392 g/mol. The number of carbonyl (C=O) groups excluding carboxylic acids is 3. The van der Waals surface area contributed by atoms with Crippen molar-refractivity contribution < 1.29 is 33.3 Å². The molecule has 0 unspecified atom stereocenters. The molecule has 4 atom stereocenters. The van der Waals surface area contributed by atoms with Crippen molar-refractivity contribution in [1.29, 1.82) is 0 Å². The molecule has 0 radical (unpaired) electrons. The number of imidazole rings is 1. The second-order valence-corrected chi connectivity index (χ2v) is 6.46. The first kappa shape index (κ1) is 19.9. The predicted octanol–water partition coefficient (Wildman–Crippen LogP) is 0.813. The van der Waals surface area contributed by atoms with Crippen LogP contribution in [0, 0.1) is 4.64 Å². The molecule has 1 aliphatic rings. The molecular formula is C16H18N4O7S. The average molecular weight is 410 g/mol. The Balaban J connectivity index is 2.05. The van der Waals surface area contributed by atoms with Gasteiger partial charge in [0.1, 0.15) is 11.2 Å². The first-order valence-electron chi connectivity index (χ1n) is 8.31. The summed E-state index contributed by atoms with van der Waals surface area (Å²) in [5.41, 5.74) is 0.906. The van der Waals surface area contributed by atoms with Gasteiger partial charge in [0, 0.05) is 20.8 Å². The van der Waals surface area contributed by atoms with E-state index < -0.39 is 42.4 Å². The van der Waals surface area contributed by atoms with E-state index in [1.54, 1.807) is 4.57 Å². The first-order valence-corrected chi connectivity index (χ1v) is 8.72. The molecule has 1 aliphatic heterocycles. The van der Waals surface area contributed by atoms with Crippen LogP contribution in [0.5, 0.6) is 0 Å². The van der Waals surface area contributed by atoms with E-state index in [-0.39, 0.29) is 11.2 Å². The molecule has 11 nitrogen and oxygen atoms in total. The Hall–Kier alpha value is -2.86. The fraction of sp³-hybridized carbons (Fsp3) is 0.500. The van der Waals surface area contributed by atoms with E-state index in [0.29, 0.717) is 11.2 Å². The number of rotatable bonds is 4. The molecule has 0 spiro atoms. The van der Waals surface area contributed by atoms with Crippen LogP contribution in [0.1, 0.15) is 27.0 Å². The number of ether oxygens (including phenoxy) is 4. The summed E-state index contributed by atoms with van der Waals surface area (Å²) in [6.07, 6.45) is -1.21. The van der Waals surface area contributed by atoms with Crippen LogP contribution in [0.25, 0.3) is 11.2 Å². The summed E-state index contributed by atoms with van der Waals surface area (Å²) in [6, 6.07) is 0. The molecule has 0 aliphatic carbocycles. The lowest BCUT2D eigenvalue weighted by atomic mass is 10.0. The molecule has 3 rings (SSSR count). The predicted molar refractivity (Wildman–Crippen MR) is 94.4 cm³/mol. The number of carbonyl (C=O) groups is 3. The van der Waals surface area contributed by atoms with E-state index in [9.17, 15) is 14.4 Å². The van der Waals surface area contributed by atoms with Crippen LogP contribution < -0.4 is 0 Å². The van der Waals surface area contributed by atoms with Gasteiger partial charge in [-0.1, -0.05) is 12.2 Å². The maximum absolute atomic E-state index is 11.7. The van der Waals surface area contributed by atoms with Gasteiger partial charge < -0.3 is 23.9 Å². The number of hydrogen-bond donors (Lipinski definition) is 1. The summed E-state index contributed by atoms with van der Waals surface area (Å²) in [5.74, 6) is -1.84. The monoisotopic (exact) mass is 410 g/mol. The summed E-state index contributed by atoms with van der Waals surface area (Å²) in [4.78, 5) is 45.9. The van der Waals surface area contributed by atoms with Gasteiger partial charge >= 0.3 is 17.9 Å². The number of H-pyrrole nitrogens is 1. The van der Waals surface area contributed by atoms with Crippen molar-refractivity contribution in [3.63, 3.8) is 0 Å². The van der Waals surface area contributed by atoms with Crippen LogP contribution in [-0.2, 0) is 33.3 Å². The standard InChI is InChI=1S/C16H18N4O7S/c1-7(21)25-10-4-24-16(13(27-9(3)23)12(10)26-8(2)22)20-6-19-11-14(20)17-5-18-15(11)28/h5-6,10,12-13,16H,4H2,1-3H3,(H,17,18,28)/t10-,12-,13-,16+/m1/s1. The molecule has 1 fully saturated rings. The van der Waals surface area contributed by atoms with Crippen molar-refractivity contribution in [3.8, 4) is 0 Å². The van der Waals surface area contributed by atoms with E-state index in [2.05, 4.69) is 15.0 Å². The van der Waals surface area contributed by atoms with Gasteiger partial charge in [0.15, 0.2) is 29.2 Å². The second kappa shape index (κ2) is 8.02. The lowest BCUT2D eigenvalue weighted by Crippen LogP contribution is -2.55. The summed E-state index contributed by atoms with van der Waals surface area (Å²) >= 11 is 5.15. The van der Waals surface area contributed by atoms with E-state index in [4.69, 9.17) is 31.2 Å². The highest BCUT2D eigenvalue weighted by Gasteiger charge is 2.48. The van der Waals surface area contributed by atoms with Crippen molar-refractivity contribution in [2.75, 3.05) is 6.61 Å². The molecule has 0 bridgehead atoms. The number of hydrogen-bond acceptors (Lipinski definition) is 10. The lowest BCUT2D eigenvalue weighted by Gasteiger charge is -2.40. The average Bonchev–Trinajstić information content (AvgIpc) is 3.02. The Bertz CT molecular complexity index is 971. The maximum Gasteiger partial charge on any atom is 0.303 e. The van der Waals surface area contributed by atoms with E-state index in [0.717, 1.165) is 0 Å². The van der Waals surface area contributed by atoms with Gasteiger partial charge in [0.25, 0.3) is 0 Å². The highest BCUT2D eigenvalue weighted by Crippen LogP contribution is 2.32. The van der Waals surface area contributed by atoms with Crippen LogP contribution >= 0.6 is 12.2 Å². The minimum Gasteiger partial charge on any atom is -0.456 e. The zero-order chi connectivity index (χ0) is 20.4. The van der Waals surface area contributed by atoms with Gasteiger partial charge in [-0.2, -0.15) is 0 Å². The summed E-state index contributed by atoms with van der Waals surface area (Å²) < 4.78 is 23.6. The Morgan fingerprint density at radius 2 is 1.75 bits per heavy atom. The van der Waals surface area contributed by atoms with E-state index in [1.807, 2.05) is 0 Å². The number of fused-ring (bicyclic) bond motifs is 1. The first-order chi connectivity index (χ1) is 13.3. The highest BCUT2D eigenvalue weighted by atomic mass is 32.1. The van der Waals surface area contributed by atoms with Crippen LogP contribution in [0.3, 0.4) is 0 Å². The highest BCUT2D eigenvalue weighted by molar-refractivity contribution is 7.71. The quantitative estimate of drug-likeness (QED) is 0.438. The van der Waals surface area contributed by atoms with Crippen LogP contribution in [0.2, 0.25) is 0 Å². The van der Waals surface area contributed by atoms with Crippen molar-refractivity contribution in [2.45, 2.75) is 45.3 Å². The molecule has 150 valence electrons. The largest absolute Gasteiger partial charge is 0.456 e. The zero-order valence-electron chi connectivity index (χ0n) is 15.3. The van der Waals surface area contributed by atoms with Gasteiger partial charge in [-0.3, -0.25) is 19.0 Å². The molecule has 12 heteroatoms. The summed E-state index contributed by atoms with van der Waals surface area (Å²) in [7, 11) is 0. The molecule has 2 aromatic heterocycles. The molecule has 1 N–H and O–H groups in total. The van der Waals surface area contributed by atoms with Gasteiger partial charge in [-0.15, -0.1) is 0 Å². The zero-order valence-corrected chi connectivity index (χ0v) is 16.1. The number of aromatic nitrogens is 4. The van der Waals surface area contributed by atoms with Crippen molar-refractivity contribution in [3.05, 3.63) is 17.3 Å². The topological polar surface area (TPSA) is 135 Å². The fourth-order valence-electron chi connectivity index (χ4n) is 3.03. The fourth-order valence-corrected chi connectivity index (χ4v) is 3.23. The van der Waals surface area contributed by atoms with Gasteiger partial charge in [-0.05, 0) is 0 Å². The number of nitrogens with zero attached hydrogens (tertiary/aromatic N) is 3.